The summed E-state index contributed by atoms with van der Waals surface area (Å²) in [5.74, 6) is -2.53. The van der Waals surface area contributed by atoms with E-state index in [1.54, 1.807) is 6.11 Å². The number of ether oxygens (including phenoxy) is 2. The van der Waals surface area contributed by atoms with Crippen LogP contribution in [-0.2, 0) is 0 Å². The zero-order valence-corrected chi connectivity index (χ0v) is 8.12. The van der Waals surface area contributed by atoms with Crippen LogP contribution >= 0.6 is 0 Å². The van der Waals surface area contributed by atoms with E-state index in [0.717, 1.165) is 18.2 Å². The van der Waals surface area contributed by atoms with Crippen molar-refractivity contribution in [1.82, 2.24) is 0 Å². The smallest absolute Gasteiger partial charge is 0.478 e. The highest BCUT2D eigenvalue weighted by atomic mass is 19.4. The van der Waals surface area contributed by atoms with Crippen LogP contribution in [0.5, 0.6) is 11.5 Å². The summed E-state index contributed by atoms with van der Waals surface area (Å²) >= 11 is 0. The van der Waals surface area contributed by atoms with Gasteiger partial charge in [0, 0.05) is 6.07 Å². The molecule has 0 heterocycles. The van der Waals surface area contributed by atoms with Gasteiger partial charge in [0.2, 0.25) is 0 Å². The van der Waals surface area contributed by atoms with E-state index in [9.17, 15) is 18.0 Å². The summed E-state index contributed by atoms with van der Waals surface area (Å²) in [7, 11) is 0. The maximum atomic E-state index is 12.0. The number of halogens is 3. The van der Waals surface area contributed by atoms with Crippen LogP contribution in [-0.4, -0.2) is 17.4 Å². The molecule has 0 aliphatic heterocycles. The molecule has 4 nitrogen and oxygen atoms in total. The number of aromatic carboxylic acids is 1. The molecular weight excluding hydrogens is 241 g/mol. The largest absolute Gasteiger partial charge is 0.573 e. The van der Waals surface area contributed by atoms with Gasteiger partial charge in [-0.15, -0.1) is 13.2 Å². The van der Waals surface area contributed by atoms with Crippen LogP contribution in [0.15, 0.2) is 18.2 Å². The molecule has 0 bridgehead atoms. The first-order valence-electron chi connectivity index (χ1n) is 4.09. The summed E-state index contributed by atoms with van der Waals surface area (Å²) < 4.78 is 43.9. The van der Waals surface area contributed by atoms with Gasteiger partial charge in [0.15, 0.2) is 11.5 Å². The van der Waals surface area contributed by atoms with Gasteiger partial charge in [0.1, 0.15) is 6.11 Å². The molecule has 0 aliphatic rings. The molecule has 0 fully saturated rings. The fourth-order valence-electron chi connectivity index (χ4n) is 0.993. The summed E-state index contributed by atoms with van der Waals surface area (Å²) in [6.07, 6.45) is 1.48. The highest BCUT2D eigenvalue weighted by Gasteiger charge is 2.32. The Hall–Kier alpha value is -2.36. The Morgan fingerprint density at radius 1 is 1.35 bits per heavy atom. The average Bonchev–Trinajstić information content (AvgIpc) is 2.18. The third kappa shape index (κ3) is 3.61. The molecule has 1 aromatic carbocycles. The monoisotopic (exact) mass is 246 g/mol. The van der Waals surface area contributed by atoms with E-state index < -0.39 is 23.8 Å². The number of terminal acetylenes is 1. The summed E-state index contributed by atoms with van der Waals surface area (Å²) in [5, 5.41) is 8.63. The Morgan fingerprint density at radius 3 is 2.47 bits per heavy atom. The lowest BCUT2D eigenvalue weighted by molar-refractivity contribution is -0.275. The number of hydrogen-bond acceptors (Lipinski definition) is 3. The molecule has 0 spiro atoms. The van der Waals surface area contributed by atoms with Gasteiger partial charge >= 0.3 is 12.3 Å². The molecular formula is C10H5F3O4. The molecule has 0 aromatic heterocycles. The molecule has 0 aliphatic carbocycles. The van der Waals surface area contributed by atoms with Crippen molar-refractivity contribution in [3.8, 4) is 24.0 Å². The fraction of sp³-hybridized carbons (Fsp3) is 0.100. The van der Waals surface area contributed by atoms with E-state index in [1.807, 2.05) is 0 Å². The van der Waals surface area contributed by atoms with E-state index in [1.165, 1.54) is 0 Å². The molecule has 0 saturated carbocycles. The number of carboxylic acid groups (broad SMARTS) is 1. The molecule has 0 amide bonds. The Labute approximate surface area is 93.6 Å². The second-order valence-electron chi connectivity index (χ2n) is 2.73. The standard InChI is InChI=1S/C10H5F3O4/c1-2-16-8-5-6(9(14)15)3-4-7(8)17-10(11,12)13/h1,3-5H,(H,14,15). The predicted molar refractivity (Wildman–Crippen MR) is 49.5 cm³/mol. The minimum Gasteiger partial charge on any atom is -0.478 e. The van der Waals surface area contributed by atoms with E-state index in [-0.39, 0.29) is 5.56 Å². The van der Waals surface area contributed by atoms with Crippen molar-refractivity contribution in [3.05, 3.63) is 23.8 Å². The van der Waals surface area contributed by atoms with Crippen LogP contribution in [0, 0.1) is 12.5 Å². The first-order valence-corrected chi connectivity index (χ1v) is 4.09. The highest BCUT2D eigenvalue weighted by Crippen LogP contribution is 2.32. The molecule has 0 radical (unpaired) electrons. The van der Waals surface area contributed by atoms with Crippen molar-refractivity contribution >= 4 is 5.97 Å². The molecule has 0 atom stereocenters. The number of carboxylic acids is 1. The van der Waals surface area contributed by atoms with Gasteiger partial charge in [-0.1, -0.05) is 6.42 Å². The zero-order valence-electron chi connectivity index (χ0n) is 8.12. The van der Waals surface area contributed by atoms with Crippen LogP contribution in [0.3, 0.4) is 0 Å². The molecule has 1 N–H and O–H groups in total. The van der Waals surface area contributed by atoms with E-state index in [4.69, 9.17) is 11.5 Å². The van der Waals surface area contributed by atoms with Gasteiger partial charge in [-0.2, -0.15) is 0 Å². The molecule has 17 heavy (non-hydrogen) atoms. The minimum atomic E-state index is -4.92. The quantitative estimate of drug-likeness (QED) is 0.831. The maximum Gasteiger partial charge on any atom is 0.573 e. The van der Waals surface area contributed by atoms with E-state index in [0.29, 0.717) is 0 Å². The average molecular weight is 246 g/mol. The summed E-state index contributed by atoms with van der Waals surface area (Å²) in [6.45, 7) is 0. The summed E-state index contributed by atoms with van der Waals surface area (Å²) in [4.78, 5) is 10.6. The third-order valence-corrected chi connectivity index (χ3v) is 1.59. The molecule has 0 saturated heterocycles. The summed E-state index contributed by atoms with van der Waals surface area (Å²) in [6, 6.07) is 2.58. The van der Waals surface area contributed by atoms with E-state index >= 15 is 0 Å². The number of carbonyl (C=O) groups is 1. The van der Waals surface area contributed by atoms with Crippen LogP contribution in [0.25, 0.3) is 0 Å². The molecule has 7 heteroatoms. The lowest BCUT2D eigenvalue weighted by Crippen LogP contribution is -2.17. The first-order chi connectivity index (χ1) is 7.83. The van der Waals surface area contributed by atoms with Crippen molar-refractivity contribution < 1.29 is 32.5 Å². The molecule has 90 valence electrons. The Kier molecular flexibility index (Phi) is 3.48. The van der Waals surface area contributed by atoms with Crippen LogP contribution in [0.1, 0.15) is 10.4 Å². The maximum absolute atomic E-state index is 12.0. The van der Waals surface area contributed by atoms with Gasteiger partial charge in [-0.25, -0.2) is 4.79 Å². The van der Waals surface area contributed by atoms with Crippen LogP contribution < -0.4 is 9.47 Å². The second kappa shape index (κ2) is 4.65. The van der Waals surface area contributed by atoms with Gasteiger partial charge in [-0.3, -0.25) is 0 Å². The second-order valence-corrected chi connectivity index (χ2v) is 2.73. The topological polar surface area (TPSA) is 55.8 Å². The lowest BCUT2D eigenvalue weighted by Gasteiger charge is -2.11. The van der Waals surface area contributed by atoms with Gasteiger partial charge in [-0.05, 0) is 12.1 Å². The van der Waals surface area contributed by atoms with Gasteiger partial charge in [0.25, 0.3) is 0 Å². The van der Waals surface area contributed by atoms with Crippen molar-refractivity contribution in [3.63, 3.8) is 0 Å². The normalized spacial score (nSPS) is 10.5. The summed E-state index contributed by atoms with van der Waals surface area (Å²) in [5.41, 5.74) is -0.273. The number of benzene rings is 1. The predicted octanol–water partition coefficient (Wildman–Crippen LogP) is 2.25. The van der Waals surface area contributed by atoms with Crippen molar-refractivity contribution in [2.45, 2.75) is 6.36 Å². The first kappa shape index (κ1) is 12.7. The zero-order chi connectivity index (χ0) is 13.1. The third-order valence-electron chi connectivity index (χ3n) is 1.59. The number of hydrogen-bond donors (Lipinski definition) is 1. The van der Waals surface area contributed by atoms with Gasteiger partial charge in [0.05, 0.1) is 5.56 Å². The highest BCUT2D eigenvalue weighted by molar-refractivity contribution is 5.88. The van der Waals surface area contributed by atoms with Crippen LogP contribution in [0.2, 0.25) is 0 Å². The number of alkyl halides is 3. The molecule has 1 rings (SSSR count). The van der Waals surface area contributed by atoms with E-state index in [2.05, 4.69) is 9.47 Å². The SMILES string of the molecule is C#COc1cc(C(=O)O)ccc1OC(F)(F)F. The Morgan fingerprint density at radius 2 is 2.00 bits per heavy atom. The molecule has 0 unspecified atom stereocenters. The van der Waals surface area contributed by atoms with Gasteiger partial charge < -0.3 is 14.6 Å². The Bertz CT molecular complexity index is 473. The fourth-order valence-corrected chi connectivity index (χ4v) is 0.993. The minimum absolute atomic E-state index is 0.273. The van der Waals surface area contributed by atoms with Crippen molar-refractivity contribution in [2.75, 3.05) is 0 Å². The van der Waals surface area contributed by atoms with Crippen LogP contribution in [0.4, 0.5) is 13.2 Å². The van der Waals surface area contributed by atoms with Crippen molar-refractivity contribution in [1.29, 1.82) is 0 Å². The lowest BCUT2D eigenvalue weighted by atomic mass is 10.2. The molecule has 1 aromatic rings. The van der Waals surface area contributed by atoms with Crippen molar-refractivity contribution in [2.24, 2.45) is 0 Å². The Balaban J connectivity index is 3.13. The number of rotatable bonds is 3.